The Balaban J connectivity index is 1.55. The van der Waals surface area contributed by atoms with E-state index >= 15 is 0 Å². The molecule has 1 aliphatic rings. The molecule has 1 aromatic carbocycles. The molecule has 3 heterocycles. The molecule has 8 nitrogen and oxygen atoms in total. The fourth-order valence-corrected chi connectivity index (χ4v) is 3.56. The highest BCUT2D eigenvalue weighted by molar-refractivity contribution is 6.62. The fraction of sp³-hybridized carbons (Fsp3) is 0.300. The van der Waals surface area contributed by atoms with E-state index in [4.69, 9.17) is 32.5 Å². The van der Waals surface area contributed by atoms with Gasteiger partial charge in [-0.3, -0.25) is 4.79 Å². The first-order valence-corrected chi connectivity index (χ1v) is 10.4. The zero-order valence-corrected chi connectivity index (χ0v) is 19.2. The summed E-state index contributed by atoms with van der Waals surface area (Å²) < 4.78 is 26.7. The van der Waals surface area contributed by atoms with Gasteiger partial charge in [-0.1, -0.05) is 23.2 Å². The molecule has 1 saturated heterocycles. The van der Waals surface area contributed by atoms with E-state index in [2.05, 4.69) is 20.5 Å². The van der Waals surface area contributed by atoms with E-state index in [0.717, 1.165) is 6.07 Å². The Kier molecular flexibility index (Phi) is 5.74. The van der Waals surface area contributed by atoms with Gasteiger partial charge >= 0.3 is 7.12 Å². The van der Waals surface area contributed by atoms with E-state index in [-0.39, 0.29) is 21.1 Å². The summed E-state index contributed by atoms with van der Waals surface area (Å²) in [5, 5.41) is 10.8. The maximum Gasteiger partial charge on any atom is 0.497 e. The van der Waals surface area contributed by atoms with Crippen molar-refractivity contribution in [1.29, 1.82) is 0 Å². The minimum atomic E-state index is -0.943. The fourth-order valence-electron chi connectivity index (χ4n) is 3.06. The van der Waals surface area contributed by atoms with Gasteiger partial charge in [-0.15, -0.1) is 4.80 Å². The minimum Gasteiger partial charge on any atom is -0.399 e. The quantitative estimate of drug-likeness (QED) is 0.576. The number of anilines is 1. The smallest absolute Gasteiger partial charge is 0.399 e. The Morgan fingerprint density at radius 2 is 1.69 bits per heavy atom. The molecule has 1 N–H and O–H groups in total. The Morgan fingerprint density at radius 3 is 2.28 bits per heavy atom. The van der Waals surface area contributed by atoms with Gasteiger partial charge in [0, 0.05) is 5.46 Å². The molecular formula is C20H19BCl2FN5O3. The average Bonchev–Trinajstić information content (AvgIpc) is 3.29. The molecule has 0 atom stereocenters. The van der Waals surface area contributed by atoms with Crippen LogP contribution in [-0.2, 0) is 9.31 Å². The number of aromatic nitrogens is 4. The van der Waals surface area contributed by atoms with Crippen LogP contribution >= 0.6 is 23.2 Å². The number of benzene rings is 1. The van der Waals surface area contributed by atoms with Crippen molar-refractivity contribution >= 4 is 47.4 Å². The van der Waals surface area contributed by atoms with E-state index in [1.54, 1.807) is 0 Å². The molecule has 4 rings (SSSR count). The molecule has 1 aliphatic heterocycles. The number of rotatable bonds is 4. The molecular weight excluding hydrogens is 459 g/mol. The van der Waals surface area contributed by atoms with Crippen molar-refractivity contribution in [3.8, 4) is 5.82 Å². The van der Waals surface area contributed by atoms with Crippen LogP contribution in [0, 0.1) is 5.82 Å². The number of carbonyl (C=O) groups excluding carboxylic acids is 1. The molecule has 2 aromatic heterocycles. The number of nitrogens with zero attached hydrogens (tertiary/aromatic N) is 4. The van der Waals surface area contributed by atoms with Crippen LogP contribution in [0.15, 0.2) is 36.8 Å². The van der Waals surface area contributed by atoms with Crippen LogP contribution in [0.5, 0.6) is 0 Å². The average molecular weight is 478 g/mol. The number of carbonyl (C=O) groups is 1. The third-order valence-electron chi connectivity index (χ3n) is 5.53. The Bertz CT molecular complexity index is 1170. The van der Waals surface area contributed by atoms with Crippen LogP contribution in [0.25, 0.3) is 5.82 Å². The van der Waals surface area contributed by atoms with Crippen molar-refractivity contribution < 1.29 is 18.5 Å². The summed E-state index contributed by atoms with van der Waals surface area (Å²) in [4.78, 5) is 18.1. The van der Waals surface area contributed by atoms with E-state index in [1.807, 2.05) is 27.7 Å². The molecule has 12 heteroatoms. The van der Waals surface area contributed by atoms with Gasteiger partial charge in [0.1, 0.15) is 5.82 Å². The number of hydrogen-bond acceptors (Lipinski definition) is 6. The molecule has 1 fully saturated rings. The zero-order valence-electron chi connectivity index (χ0n) is 17.7. The molecule has 0 unspecified atom stereocenters. The molecule has 0 aliphatic carbocycles. The standard InChI is InChI=1S/C20H19BCl2FN5O3/c1-19(2)20(3,4)32-21(31-19)13-9-14(22)12(8-16(13)24)18(30)28-11-7-15(23)17(25-10-11)29-26-5-6-27-29/h5-10H,1-4H3,(H,28,30). The second-order valence-corrected chi connectivity index (χ2v) is 9.06. The predicted molar refractivity (Wildman–Crippen MR) is 119 cm³/mol. The molecule has 0 saturated carbocycles. The third kappa shape index (κ3) is 4.11. The maximum atomic E-state index is 14.9. The van der Waals surface area contributed by atoms with Crippen molar-refractivity contribution in [3.63, 3.8) is 0 Å². The van der Waals surface area contributed by atoms with Gasteiger partial charge in [0.2, 0.25) is 0 Å². The van der Waals surface area contributed by atoms with Gasteiger partial charge in [0.25, 0.3) is 5.91 Å². The second-order valence-electron chi connectivity index (χ2n) is 8.24. The summed E-state index contributed by atoms with van der Waals surface area (Å²) >= 11 is 12.5. The lowest BCUT2D eigenvalue weighted by Gasteiger charge is -2.32. The highest BCUT2D eigenvalue weighted by Crippen LogP contribution is 2.37. The lowest BCUT2D eigenvalue weighted by atomic mass is 9.78. The predicted octanol–water partition coefficient (Wildman–Crippen LogP) is 3.66. The van der Waals surface area contributed by atoms with Crippen LogP contribution in [0.1, 0.15) is 38.1 Å². The van der Waals surface area contributed by atoms with Crippen LogP contribution in [0.4, 0.5) is 10.1 Å². The normalized spacial score (nSPS) is 16.9. The van der Waals surface area contributed by atoms with Crippen molar-refractivity contribution in [2.75, 3.05) is 5.32 Å². The van der Waals surface area contributed by atoms with E-state index in [1.165, 1.54) is 35.5 Å². The monoisotopic (exact) mass is 477 g/mol. The van der Waals surface area contributed by atoms with Gasteiger partial charge in [0.15, 0.2) is 5.82 Å². The SMILES string of the molecule is CC1(C)OB(c2cc(Cl)c(C(=O)Nc3cnc(-n4nccn4)c(Cl)c3)cc2F)OC1(C)C. The largest absolute Gasteiger partial charge is 0.497 e. The first-order valence-electron chi connectivity index (χ1n) is 9.67. The van der Waals surface area contributed by atoms with E-state index < -0.39 is 30.0 Å². The highest BCUT2D eigenvalue weighted by Gasteiger charge is 2.52. The molecule has 0 spiro atoms. The number of amides is 1. The van der Waals surface area contributed by atoms with Crippen LogP contribution in [0.3, 0.4) is 0 Å². The Labute approximate surface area is 194 Å². The summed E-state index contributed by atoms with van der Waals surface area (Å²) in [6.07, 6.45) is 4.35. The third-order valence-corrected chi connectivity index (χ3v) is 6.12. The van der Waals surface area contributed by atoms with Crippen molar-refractivity contribution in [3.05, 3.63) is 58.2 Å². The molecule has 0 radical (unpaired) electrons. The first kappa shape index (κ1) is 22.7. The summed E-state index contributed by atoms with van der Waals surface area (Å²) in [5.41, 5.74) is -0.931. The highest BCUT2D eigenvalue weighted by atomic mass is 35.5. The zero-order chi connectivity index (χ0) is 23.3. The van der Waals surface area contributed by atoms with E-state index in [0.29, 0.717) is 11.5 Å². The van der Waals surface area contributed by atoms with E-state index in [9.17, 15) is 9.18 Å². The lowest BCUT2D eigenvalue weighted by Crippen LogP contribution is -2.41. The van der Waals surface area contributed by atoms with Gasteiger partial charge in [-0.2, -0.15) is 10.2 Å². The minimum absolute atomic E-state index is 0.0463. The molecule has 32 heavy (non-hydrogen) atoms. The Morgan fingerprint density at radius 1 is 1.06 bits per heavy atom. The number of hydrogen-bond donors (Lipinski definition) is 1. The summed E-state index contributed by atoms with van der Waals surface area (Å²) in [6.45, 7) is 7.45. The second kappa shape index (κ2) is 8.11. The molecule has 3 aromatic rings. The van der Waals surface area contributed by atoms with Gasteiger partial charge in [-0.25, -0.2) is 9.37 Å². The molecule has 1 amide bonds. The van der Waals surface area contributed by atoms with Gasteiger partial charge in [0.05, 0.1) is 51.1 Å². The van der Waals surface area contributed by atoms with Crippen molar-refractivity contribution in [2.24, 2.45) is 0 Å². The van der Waals surface area contributed by atoms with Gasteiger partial charge < -0.3 is 14.6 Å². The number of pyridine rings is 1. The molecule has 166 valence electrons. The van der Waals surface area contributed by atoms with Crippen molar-refractivity contribution in [2.45, 2.75) is 38.9 Å². The number of nitrogens with one attached hydrogen (secondary N) is 1. The van der Waals surface area contributed by atoms with Crippen LogP contribution < -0.4 is 10.8 Å². The Hall–Kier alpha value is -2.53. The van der Waals surface area contributed by atoms with Crippen LogP contribution in [0.2, 0.25) is 10.0 Å². The summed E-state index contributed by atoms with van der Waals surface area (Å²) in [7, 11) is -0.943. The summed E-state index contributed by atoms with van der Waals surface area (Å²) in [5.74, 6) is -1.00. The first-order chi connectivity index (χ1) is 15.0. The lowest BCUT2D eigenvalue weighted by molar-refractivity contribution is 0.00578. The van der Waals surface area contributed by atoms with Gasteiger partial charge in [-0.05, 0) is 45.9 Å². The number of halogens is 3. The topological polar surface area (TPSA) is 91.2 Å². The van der Waals surface area contributed by atoms with Crippen molar-refractivity contribution in [1.82, 2.24) is 20.0 Å². The summed E-state index contributed by atoms with van der Waals surface area (Å²) in [6, 6.07) is 3.87. The maximum absolute atomic E-state index is 14.9. The molecule has 0 bridgehead atoms. The van der Waals surface area contributed by atoms with Crippen LogP contribution in [-0.4, -0.2) is 44.2 Å².